The molecule has 0 bridgehead atoms. The van der Waals surface area contributed by atoms with Gasteiger partial charge in [0.05, 0.1) is 12.7 Å². The van der Waals surface area contributed by atoms with Crippen molar-refractivity contribution in [3.63, 3.8) is 0 Å². The van der Waals surface area contributed by atoms with E-state index in [9.17, 15) is 9.59 Å². The summed E-state index contributed by atoms with van der Waals surface area (Å²) < 4.78 is 5.24. The zero-order valence-electron chi connectivity index (χ0n) is 11.0. The molecule has 2 aromatic heterocycles. The Hall–Kier alpha value is -3.16. The second-order valence-electron chi connectivity index (χ2n) is 4.26. The highest BCUT2D eigenvalue weighted by Gasteiger charge is 2.17. The first-order valence-corrected chi connectivity index (χ1v) is 6.03. The molecule has 3 rings (SSSR count). The number of amides is 1. The van der Waals surface area contributed by atoms with Crippen LogP contribution in [0.5, 0.6) is 5.75 Å². The Morgan fingerprint density at radius 3 is 2.71 bits per heavy atom. The van der Waals surface area contributed by atoms with Crippen LogP contribution in [0.4, 0.5) is 0 Å². The molecule has 3 aromatic rings. The van der Waals surface area contributed by atoms with Crippen molar-refractivity contribution in [1.82, 2.24) is 19.9 Å². The average molecular weight is 285 g/mol. The summed E-state index contributed by atoms with van der Waals surface area (Å²) in [5.41, 5.74) is 5.76. The van der Waals surface area contributed by atoms with Gasteiger partial charge < -0.3 is 15.5 Å². The van der Waals surface area contributed by atoms with E-state index in [1.807, 2.05) is 0 Å². The van der Waals surface area contributed by atoms with Crippen molar-refractivity contribution in [1.29, 1.82) is 0 Å². The lowest BCUT2D eigenvalue weighted by Crippen LogP contribution is -2.15. The molecule has 2 heterocycles. The molecule has 1 amide bonds. The number of hydrogen-bond acceptors (Lipinski definition) is 5. The van der Waals surface area contributed by atoms with Gasteiger partial charge in [-0.1, -0.05) is 12.1 Å². The third-order valence-electron chi connectivity index (χ3n) is 2.96. The first-order valence-electron chi connectivity index (χ1n) is 6.03. The molecule has 4 N–H and O–H groups in total. The molecule has 0 unspecified atom stereocenters. The number of imidazole rings is 1. The van der Waals surface area contributed by atoms with Crippen LogP contribution >= 0.6 is 0 Å². The van der Waals surface area contributed by atoms with Gasteiger partial charge in [0.25, 0.3) is 5.91 Å². The maximum absolute atomic E-state index is 11.5. The van der Waals surface area contributed by atoms with Crippen LogP contribution in [0.15, 0.2) is 29.1 Å². The minimum absolute atomic E-state index is 0.0562. The molecule has 0 spiro atoms. The summed E-state index contributed by atoms with van der Waals surface area (Å²) in [5, 5.41) is 0. The summed E-state index contributed by atoms with van der Waals surface area (Å²) in [6.07, 6.45) is 0. The molecule has 0 aliphatic carbocycles. The van der Waals surface area contributed by atoms with E-state index < -0.39 is 11.6 Å². The largest absolute Gasteiger partial charge is 0.496 e. The Kier molecular flexibility index (Phi) is 2.90. The number of carbonyl (C=O) groups excluding carboxylic acids is 1. The standard InChI is InChI=1S/C13H11N5O3/c1-21-7-5-3-2-4-6(7)11-15-8(10(14)19)9-12(17-11)18-13(20)16-9/h2-5H,1H3,(H2,14,19)(H2,15,16,17,18,20). The number of nitrogens with two attached hydrogens (primary N) is 1. The number of methoxy groups -OCH3 is 1. The summed E-state index contributed by atoms with van der Waals surface area (Å²) in [7, 11) is 1.52. The van der Waals surface area contributed by atoms with Crippen molar-refractivity contribution in [2.75, 3.05) is 7.11 Å². The number of carbonyl (C=O) groups is 1. The smallest absolute Gasteiger partial charge is 0.325 e. The predicted octanol–water partition coefficient (Wildman–Crippen LogP) is 0.421. The first-order chi connectivity index (χ1) is 10.1. The summed E-state index contributed by atoms with van der Waals surface area (Å²) in [4.78, 5) is 36.2. The second kappa shape index (κ2) is 4.75. The molecule has 0 radical (unpaired) electrons. The molecule has 0 aliphatic rings. The highest BCUT2D eigenvalue weighted by molar-refractivity contribution is 6.01. The number of ether oxygens (including phenoxy) is 1. The SMILES string of the molecule is COc1ccccc1-c1nc(C(N)=O)c2[nH]c(=O)[nH]c2n1. The van der Waals surface area contributed by atoms with Gasteiger partial charge in [-0.15, -0.1) is 0 Å². The number of aromatic nitrogens is 4. The first kappa shape index (κ1) is 12.9. The maximum atomic E-state index is 11.5. The van der Waals surface area contributed by atoms with Crippen LogP contribution in [0.25, 0.3) is 22.6 Å². The molecule has 0 atom stereocenters. The summed E-state index contributed by atoms with van der Waals surface area (Å²) in [6, 6.07) is 7.07. The van der Waals surface area contributed by atoms with E-state index >= 15 is 0 Å². The van der Waals surface area contributed by atoms with Crippen LogP contribution < -0.4 is 16.2 Å². The number of H-pyrrole nitrogens is 2. The van der Waals surface area contributed by atoms with Gasteiger partial charge in [-0.2, -0.15) is 0 Å². The number of nitrogens with one attached hydrogen (secondary N) is 2. The van der Waals surface area contributed by atoms with E-state index in [1.165, 1.54) is 7.11 Å². The van der Waals surface area contributed by atoms with Gasteiger partial charge >= 0.3 is 5.69 Å². The third kappa shape index (κ3) is 2.12. The van der Waals surface area contributed by atoms with E-state index in [-0.39, 0.29) is 22.7 Å². The molecule has 106 valence electrons. The molecule has 21 heavy (non-hydrogen) atoms. The van der Waals surface area contributed by atoms with E-state index in [1.54, 1.807) is 24.3 Å². The molecule has 0 aliphatic heterocycles. The molecule has 0 saturated carbocycles. The van der Waals surface area contributed by atoms with Gasteiger partial charge in [-0.05, 0) is 12.1 Å². The Labute approximate surface area is 118 Å². The minimum atomic E-state index is -0.756. The van der Waals surface area contributed by atoms with Crippen molar-refractivity contribution in [3.05, 3.63) is 40.4 Å². The minimum Gasteiger partial charge on any atom is -0.496 e. The van der Waals surface area contributed by atoms with Crippen LogP contribution in [-0.4, -0.2) is 33.0 Å². The van der Waals surface area contributed by atoms with E-state index in [0.29, 0.717) is 11.3 Å². The number of fused-ring (bicyclic) bond motifs is 1. The topological polar surface area (TPSA) is 127 Å². The van der Waals surface area contributed by atoms with Gasteiger partial charge in [0.15, 0.2) is 17.2 Å². The predicted molar refractivity (Wildman–Crippen MR) is 75.0 cm³/mol. The van der Waals surface area contributed by atoms with Crippen molar-refractivity contribution >= 4 is 17.1 Å². The summed E-state index contributed by atoms with van der Waals surface area (Å²) in [6.45, 7) is 0. The normalized spacial score (nSPS) is 10.7. The average Bonchev–Trinajstić information content (AvgIpc) is 2.85. The molecule has 8 heteroatoms. The third-order valence-corrected chi connectivity index (χ3v) is 2.96. The lowest BCUT2D eigenvalue weighted by molar-refractivity contribution is 0.0997. The molecule has 1 aromatic carbocycles. The number of para-hydroxylation sites is 1. The van der Waals surface area contributed by atoms with Gasteiger partial charge in [0.1, 0.15) is 11.3 Å². The second-order valence-corrected chi connectivity index (χ2v) is 4.26. The van der Waals surface area contributed by atoms with Gasteiger partial charge in [-0.3, -0.25) is 9.78 Å². The fraction of sp³-hybridized carbons (Fsp3) is 0.0769. The van der Waals surface area contributed by atoms with Gasteiger partial charge in [0, 0.05) is 0 Å². The molecule has 8 nitrogen and oxygen atoms in total. The Balaban J connectivity index is 2.33. The number of rotatable bonds is 3. The number of nitrogens with zero attached hydrogens (tertiary/aromatic N) is 2. The number of aromatic amines is 2. The Bertz CT molecular complexity index is 896. The number of hydrogen-bond donors (Lipinski definition) is 3. The van der Waals surface area contributed by atoms with Crippen LogP contribution in [0.2, 0.25) is 0 Å². The monoisotopic (exact) mass is 285 g/mol. The van der Waals surface area contributed by atoms with Crippen molar-refractivity contribution < 1.29 is 9.53 Å². The Morgan fingerprint density at radius 2 is 2.00 bits per heavy atom. The lowest BCUT2D eigenvalue weighted by Gasteiger charge is -2.07. The lowest BCUT2D eigenvalue weighted by atomic mass is 10.2. The van der Waals surface area contributed by atoms with Crippen molar-refractivity contribution in [2.24, 2.45) is 5.73 Å². The van der Waals surface area contributed by atoms with E-state index in [2.05, 4.69) is 19.9 Å². The molecule has 0 fully saturated rings. The van der Waals surface area contributed by atoms with Crippen LogP contribution in [0.1, 0.15) is 10.5 Å². The van der Waals surface area contributed by atoms with Crippen LogP contribution in [-0.2, 0) is 0 Å². The van der Waals surface area contributed by atoms with Crippen LogP contribution in [0.3, 0.4) is 0 Å². The summed E-state index contributed by atoms with van der Waals surface area (Å²) >= 11 is 0. The van der Waals surface area contributed by atoms with E-state index in [0.717, 1.165) is 0 Å². The number of benzene rings is 1. The highest BCUT2D eigenvalue weighted by atomic mass is 16.5. The zero-order chi connectivity index (χ0) is 15.0. The quantitative estimate of drug-likeness (QED) is 0.642. The molecule has 0 saturated heterocycles. The van der Waals surface area contributed by atoms with Gasteiger partial charge in [0.2, 0.25) is 0 Å². The van der Waals surface area contributed by atoms with E-state index in [4.69, 9.17) is 10.5 Å². The summed E-state index contributed by atoms with van der Waals surface area (Å²) in [5.74, 6) is 0.0305. The molecular formula is C13H11N5O3. The van der Waals surface area contributed by atoms with Gasteiger partial charge in [-0.25, -0.2) is 14.8 Å². The maximum Gasteiger partial charge on any atom is 0.325 e. The van der Waals surface area contributed by atoms with Crippen LogP contribution in [0, 0.1) is 0 Å². The Morgan fingerprint density at radius 1 is 1.24 bits per heavy atom. The zero-order valence-corrected chi connectivity index (χ0v) is 11.0. The highest BCUT2D eigenvalue weighted by Crippen LogP contribution is 2.27. The molecular weight excluding hydrogens is 274 g/mol. The fourth-order valence-electron chi connectivity index (χ4n) is 2.05. The van der Waals surface area contributed by atoms with Crippen molar-refractivity contribution in [3.8, 4) is 17.1 Å². The van der Waals surface area contributed by atoms with Crippen molar-refractivity contribution in [2.45, 2.75) is 0 Å². The number of primary amides is 1. The fourth-order valence-corrected chi connectivity index (χ4v) is 2.05.